The van der Waals surface area contributed by atoms with Crippen LogP contribution in [0.2, 0.25) is 0 Å². The first-order chi connectivity index (χ1) is 11.2. The molecule has 1 atom stereocenters. The molecule has 4 rings (SSSR count). The van der Waals surface area contributed by atoms with Crippen molar-refractivity contribution in [2.45, 2.75) is 18.4 Å². The summed E-state index contributed by atoms with van der Waals surface area (Å²) in [7, 11) is -0.0604. The third kappa shape index (κ3) is 2.52. The number of thiophene rings is 1. The van der Waals surface area contributed by atoms with Crippen LogP contribution in [0.4, 0.5) is 0 Å². The van der Waals surface area contributed by atoms with Crippen LogP contribution in [0.5, 0.6) is 0 Å². The number of carbonyl (C=O) groups excluding carboxylic acids is 1. The van der Waals surface area contributed by atoms with Gasteiger partial charge in [0.15, 0.2) is 15.2 Å². The van der Waals surface area contributed by atoms with Crippen LogP contribution in [0.25, 0.3) is 15.0 Å². The number of hydrogen-bond acceptors (Lipinski definition) is 2. The van der Waals surface area contributed by atoms with Crippen LogP contribution in [-0.4, -0.2) is 11.6 Å². The SMILES string of the molecule is C#CC1(OC(=O)c2ccc(-[s+]3ccc4ccccc43)cc2)CC1. The number of rotatable bonds is 3. The standard InChI is InChI=1S/C20H15O2S/c1-2-20(12-13-20)22-19(21)16-7-9-17(10-8-16)23-14-11-15-5-3-4-6-18(15)23/h1,3-11,14H,12-13H2/q+1. The Balaban J connectivity index is 1.61. The van der Waals surface area contributed by atoms with E-state index < -0.39 is 5.60 Å². The van der Waals surface area contributed by atoms with E-state index in [4.69, 9.17) is 11.2 Å². The highest BCUT2D eigenvalue weighted by Gasteiger charge is 2.45. The third-order valence-electron chi connectivity index (χ3n) is 4.14. The van der Waals surface area contributed by atoms with Gasteiger partial charge in [0.25, 0.3) is 0 Å². The Bertz CT molecular complexity index is 924. The summed E-state index contributed by atoms with van der Waals surface area (Å²) in [6.45, 7) is 0. The van der Waals surface area contributed by atoms with Gasteiger partial charge in [0.05, 0.1) is 5.56 Å². The van der Waals surface area contributed by atoms with E-state index in [0.717, 1.165) is 12.8 Å². The minimum Gasteiger partial charge on any atom is -0.442 e. The van der Waals surface area contributed by atoms with Crippen LogP contribution < -0.4 is 0 Å². The van der Waals surface area contributed by atoms with E-state index in [2.05, 4.69) is 35.6 Å². The molecule has 0 aliphatic heterocycles. The first kappa shape index (κ1) is 14.0. The van der Waals surface area contributed by atoms with Crippen molar-refractivity contribution in [2.75, 3.05) is 0 Å². The highest BCUT2D eigenvalue weighted by Crippen LogP contribution is 2.41. The topological polar surface area (TPSA) is 26.3 Å². The van der Waals surface area contributed by atoms with Crippen LogP contribution >= 0.6 is 10.5 Å². The van der Waals surface area contributed by atoms with Crippen LogP contribution in [0.1, 0.15) is 23.2 Å². The van der Waals surface area contributed by atoms with Gasteiger partial charge in [-0.15, -0.1) is 6.42 Å². The second-order valence-electron chi connectivity index (χ2n) is 5.73. The number of carbonyl (C=O) groups is 1. The molecule has 112 valence electrons. The van der Waals surface area contributed by atoms with Crippen LogP contribution in [0, 0.1) is 12.3 Å². The molecular formula is C20H15O2S+. The van der Waals surface area contributed by atoms with Crippen molar-refractivity contribution >= 4 is 26.5 Å². The van der Waals surface area contributed by atoms with Crippen molar-refractivity contribution in [2.24, 2.45) is 0 Å². The van der Waals surface area contributed by atoms with Crippen LogP contribution in [0.3, 0.4) is 0 Å². The van der Waals surface area contributed by atoms with Crippen LogP contribution in [0.15, 0.2) is 60.0 Å². The molecule has 0 spiro atoms. The Kier molecular flexibility index (Phi) is 3.21. The monoisotopic (exact) mass is 319 g/mol. The summed E-state index contributed by atoms with van der Waals surface area (Å²) in [6, 6.07) is 18.2. The molecule has 1 aliphatic carbocycles. The summed E-state index contributed by atoms with van der Waals surface area (Å²) in [5, 5.41) is 3.49. The lowest BCUT2D eigenvalue weighted by atomic mass is 10.2. The molecule has 1 aliphatic rings. The van der Waals surface area contributed by atoms with Crippen molar-refractivity contribution in [1.29, 1.82) is 0 Å². The second kappa shape index (κ2) is 5.26. The molecule has 1 unspecified atom stereocenters. The molecule has 1 aromatic heterocycles. The second-order valence-corrected chi connectivity index (χ2v) is 7.59. The number of hydrogen-bond donors (Lipinski definition) is 0. The average Bonchev–Trinajstić information content (AvgIpc) is 3.24. The zero-order valence-corrected chi connectivity index (χ0v) is 13.3. The number of terminal acetylenes is 1. The van der Waals surface area contributed by atoms with Gasteiger partial charge in [0.2, 0.25) is 0 Å². The maximum absolute atomic E-state index is 12.2. The Morgan fingerprint density at radius 2 is 1.83 bits per heavy atom. The molecule has 1 saturated carbocycles. The number of fused-ring (bicyclic) bond motifs is 1. The van der Waals surface area contributed by atoms with Gasteiger partial charge in [0, 0.05) is 34.8 Å². The Labute approximate surface area is 137 Å². The number of benzene rings is 2. The maximum Gasteiger partial charge on any atom is 0.339 e. The minimum absolute atomic E-state index is 0.0604. The zero-order chi connectivity index (χ0) is 15.9. The number of ether oxygens (including phenoxy) is 1. The molecule has 1 heterocycles. The van der Waals surface area contributed by atoms with Gasteiger partial charge >= 0.3 is 5.97 Å². The fraction of sp³-hybridized carbons (Fsp3) is 0.150. The summed E-state index contributed by atoms with van der Waals surface area (Å²) >= 11 is 0. The predicted octanol–water partition coefficient (Wildman–Crippen LogP) is 4.90. The van der Waals surface area contributed by atoms with Gasteiger partial charge in [-0.3, -0.25) is 0 Å². The smallest absolute Gasteiger partial charge is 0.339 e. The fourth-order valence-electron chi connectivity index (χ4n) is 2.60. The Hall–Kier alpha value is -2.57. The zero-order valence-electron chi connectivity index (χ0n) is 12.5. The molecule has 2 nitrogen and oxygen atoms in total. The minimum atomic E-state index is -0.648. The van der Waals surface area contributed by atoms with E-state index in [-0.39, 0.29) is 16.4 Å². The van der Waals surface area contributed by atoms with E-state index in [1.165, 1.54) is 15.0 Å². The maximum atomic E-state index is 12.2. The highest BCUT2D eigenvalue weighted by atomic mass is 32.2. The van der Waals surface area contributed by atoms with Crippen molar-refractivity contribution in [1.82, 2.24) is 0 Å². The molecule has 3 heteroatoms. The quantitative estimate of drug-likeness (QED) is 0.390. The summed E-state index contributed by atoms with van der Waals surface area (Å²) in [6.07, 6.45) is 6.94. The van der Waals surface area contributed by atoms with Gasteiger partial charge in [-0.25, -0.2) is 4.79 Å². The molecule has 23 heavy (non-hydrogen) atoms. The van der Waals surface area contributed by atoms with Gasteiger partial charge in [-0.1, -0.05) is 18.1 Å². The van der Waals surface area contributed by atoms with Gasteiger partial charge in [-0.2, -0.15) is 0 Å². The normalized spacial score (nSPS) is 15.9. The third-order valence-corrected chi connectivity index (χ3v) is 6.17. The molecule has 0 amide bonds. The molecule has 0 bridgehead atoms. The van der Waals surface area contributed by atoms with Gasteiger partial charge in [-0.05, 0) is 36.4 Å². The first-order valence-corrected chi connectivity index (χ1v) is 8.81. The lowest BCUT2D eigenvalue weighted by Gasteiger charge is -2.09. The van der Waals surface area contributed by atoms with Crippen molar-refractivity contribution in [3.05, 3.63) is 65.5 Å². The summed E-state index contributed by atoms with van der Waals surface area (Å²) in [5.74, 6) is 2.23. The Morgan fingerprint density at radius 1 is 1.09 bits per heavy atom. The molecule has 2 aromatic carbocycles. The predicted molar refractivity (Wildman–Crippen MR) is 94.0 cm³/mol. The van der Waals surface area contributed by atoms with E-state index in [1.807, 2.05) is 30.3 Å². The van der Waals surface area contributed by atoms with Crippen molar-refractivity contribution in [3.8, 4) is 17.2 Å². The largest absolute Gasteiger partial charge is 0.442 e. The molecule has 3 aromatic rings. The van der Waals surface area contributed by atoms with E-state index >= 15 is 0 Å². The molecule has 0 N–H and O–H groups in total. The summed E-state index contributed by atoms with van der Waals surface area (Å²) in [5.41, 5.74) is -0.0969. The summed E-state index contributed by atoms with van der Waals surface area (Å²) in [4.78, 5) is 13.4. The lowest BCUT2D eigenvalue weighted by Crippen LogP contribution is -2.17. The van der Waals surface area contributed by atoms with Crippen molar-refractivity contribution < 1.29 is 9.53 Å². The van der Waals surface area contributed by atoms with E-state index in [0.29, 0.717) is 5.56 Å². The van der Waals surface area contributed by atoms with E-state index in [9.17, 15) is 4.79 Å². The van der Waals surface area contributed by atoms with Crippen molar-refractivity contribution in [3.63, 3.8) is 0 Å². The molecular weight excluding hydrogens is 304 g/mol. The van der Waals surface area contributed by atoms with E-state index in [1.54, 1.807) is 0 Å². The highest BCUT2D eigenvalue weighted by molar-refractivity contribution is 7.43. The first-order valence-electron chi connectivity index (χ1n) is 7.52. The molecule has 0 radical (unpaired) electrons. The Morgan fingerprint density at radius 3 is 2.52 bits per heavy atom. The average molecular weight is 319 g/mol. The number of esters is 1. The lowest BCUT2D eigenvalue weighted by molar-refractivity contribution is 0.0361. The molecule has 0 saturated heterocycles. The van der Waals surface area contributed by atoms with Gasteiger partial charge < -0.3 is 4.74 Å². The molecule has 1 fully saturated rings. The fourth-order valence-corrected chi connectivity index (χ4v) is 4.49. The summed E-state index contributed by atoms with van der Waals surface area (Å²) < 4.78 is 6.75. The van der Waals surface area contributed by atoms with Crippen LogP contribution in [-0.2, 0) is 4.74 Å². The van der Waals surface area contributed by atoms with Gasteiger partial charge in [0.1, 0.15) is 5.38 Å².